The normalized spacial score (nSPS) is 23.7. The van der Waals surface area contributed by atoms with Crippen molar-refractivity contribution in [1.29, 1.82) is 0 Å². The molecule has 2 heterocycles. The number of thiophene rings is 1. The minimum Gasteiger partial charge on any atom is -0.372 e. The van der Waals surface area contributed by atoms with Gasteiger partial charge in [-0.05, 0) is 30.2 Å². The molecule has 3 rings (SSSR count). The lowest BCUT2D eigenvalue weighted by atomic mass is 9.80. The van der Waals surface area contributed by atoms with E-state index in [9.17, 15) is 0 Å². The third kappa shape index (κ3) is 2.46. The molecule has 0 spiro atoms. The third-order valence-electron chi connectivity index (χ3n) is 4.30. The Kier molecular flexibility index (Phi) is 3.69. The first-order chi connectivity index (χ1) is 9.31. The van der Waals surface area contributed by atoms with Crippen molar-refractivity contribution in [1.82, 2.24) is 9.97 Å². The quantitative estimate of drug-likeness (QED) is 0.901. The fourth-order valence-electron chi connectivity index (χ4n) is 3.14. The number of fused-ring (bicyclic) bond motifs is 1. The smallest absolute Gasteiger partial charge is 0.138 e. The van der Waals surface area contributed by atoms with Gasteiger partial charge in [-0.15, -0.1) is 11.3 Å². The molecule has 4 heteroatoms. The second kappa shape index (κ2) is 5.45. The van der Waals surface area contributed by atoms with Crippen LogP contribution < -0.4 is 5.32 Å². The summed E-state index contributed by atoms with van der Waals surface area (Å²) in [5, 5.41) is 6.47. The van der Waals surface area contributed by atoms with Crippen LogP contribution in [0.5, 0.6) is 0 Å². The third-order valence-corrected chi connectivity index (χ3v) is 5.11. The van der Waals surface area contributed by atoms with E-state index in [0.717, 1.165) is 27.8 Å². The van der Waals surface area contributed by atoms with Gasteiger partial charge in [-0.3, -0.25) is 0 Å². The second-order valence-corrected chi connectivity index (χ2v) is 6.35. The maximum absolute atomic E-state index is 4.80. The van der Waals surface area contributed by atoms with Crippen molar-refractivity contribution in [2.24, 2.45) is 5.92 Å². The number of aromatic nitrogens is 2. The Bertz CT molecular complexity index is 564. The maximum atomic E-state index is 4.80. The second-order valence-electron chi connectivity index (χ2n) is 5.46. The van der Waals surface area contributed by atoms with E-state index >= 15 is 0 Å². The topological polar surface area (TPSA) is 37.8 Å². The molecule has 1 aliphatic rings. The van der Waals surface area contributed by atoms with E-state index in [2.05, 4.69) is 23.7 Å². The first-order valence-corrected chi connectivity index (χ1v) is 8.12. The molecular formula is C15H21N3S. The lowest BCUT2D eigenvalue weighted by molar-refractivity contribution is 0.308. The molecule has 0 bridgehead atoms. The van der Waals surface area contributed by atoms with E-state index in [1.165, 1.54) is 32.1 Å². The molecule has 0 aromatic carbocycles. The Hall–Kier alpha value is -1.16. The average molecular weight is 275 g/mol. The largest absolute Gasteiger partial charge is 0.372 e. The molecule has 19 heavy (non-hydrogen) atoms. The lowest BCUT2D eigenvalue weighted by Crippen LogP contribution is -2.16. The Balaban J connectivity index is 1.95. The van der Waals surface area contributed by atoms with Crippen LogP contribution in [0.15, 0.2) is 11.4 Å². The molecule has 1 aliphatic carbocycles. The lowest BCUT2D eigenvalue weighted by Gasteiger charge is -2.27. The summed E-state index contributed by atoms with van der Waals surface area (Å²) in [7, 11) is 1.94. The molecule has 0 aliphatic heterocycles. The van der Waals surface area contributed by atoms with Crippen LogP contribution in [-0.2, 0) is 0 Å². The van der Waals surface area contributed by atoms with Gasteiger partial charge in [0.1, 0.15) is 16.5 Å². The summed E-state index contributed by atoms with van der Waals surface area (Å²) < 4.78 is 0. The van der Waals surface area contributed by atoms with E-state index in [1.807, 2.05) is 7.05 Å². The minimum absolute atomic E-state index is 0.553. The van der Waals surface area contributed by atoms with Gasteiger partial charge in [-0.2, -0.15) is 0 Å². The van der Waals surface area contributed by atoms with Crippen LogP contribution in [0.3, 0.4) is 0 Å². The molecule has 0 saturated heterocycles. The van der Waals surface area contributed by atoms with Crippen LogP contribution in [0.2, 0.25) is 0 Å². The summed E-state index contributed by atoms with van der Waals surface area (Å²) >= 11 is 1.71. The predicted molar refractivity (Wildman–Crippen MR) is 82.0 cm³/mol. The summed E-state index contributed by atoms with van der Waals surface area (Å²) in [6.45, 7) is 2.30. The molecule has 1 N–H and O–H groups in total. The van der Waals surface area contributed by atoms with Gasteiger partial charge in [-0.25, -0.2) is 9.97 Å². The van der Waals surface area contributed by atoms with Crippen molar-refractivity contribution < 1.29 is 0 Å². The van der Waals surface area contributed by atoms with Gasteiger partial charge in [0.2, 0.25) is 0 Å². The van der Waals surface area contributed by atoms with Gasteiger partial charge in [0.05, 0.1) is 5.39 Å². The molecule has 0 radical (unpaired) electrons. The SMILES string of the molecule is CCC1CCCC(c2nc(NC)c3ccsc3n2)C1. The van der Waals surface area contributed by atoms with Crippen molar-refractivity contribution in [2.75, 3.05) is 12.4 Å². The van der Waals surface area contributed by atoms with E-state index < -0.39 is 0 Å². The maximum Gasteiger partial charge on any atom is 0.138 e. The van der Waals surface area contributed by atoms with Crippen LogP contribution in [-0.4, -0.2) is 17.0 Å². The molecular weight excluding hydrogens is 254 g/mol. The summed E-state index contributed by atoms with van der Waals surface area (Å²) in [6, 6.07) is 2.10. The fraction of sp³-hybridized carbons (Fsp3) is 0.600. The van der Waals surface area contributed by atoms with Crippen molar-refractivity contribution in [3.8, 4) is 0 Å². The average Bonchev–Trinajstić information content (AvgIpc) is 2.94. The highest BCUT2D eigenvalue weighted by Crippen LogP contribution is 2.37. The van der Waals surface area contributed by atoms with E-state index in [1.54, 1.807) is 11.3 Å². The number of hydrogen-bond donors (Lipinski definition) is 1. The zero-order valence-corrected chi connectivity index (χ0v) is 12.5. The number of hydrogen-bond acceptors (Lipinski definition) is 4. The Morgan fingerprint density at radius 2 is 2.26 bits per heavy atom. The van der Waals surface area contributed by atoms with E-state index in [0.29, 0.717) is 5.92 Å². The van der Waals surface area contributed by atoms with Crippen molar-refractivity contribution >= 4 is 27.4 Å². The van der Waals surface area contributed by atoms with Crippen molar-refractivity contribution in [2.45, 2.75) is 44.9 Å². The molecule has 2 aromatic rings. The Morgan fingerprint density at radius 1 is 1.37 bits per heavy atom. The predicted octanol–water partition coefficient (Wildman–Crippen LogP) is 4.42. The minimum atomic E-state index is 0.553. The van der Waals surface area contributed by atoms with Crippen LogP contribution in [0.1, 0.15) is 50.8 Å². The highest BCUT2D eigenvalue weighted by atomic mass is 32.1. The van der Waals surface area contributed by atoms with Crippen LogP contribution in [0, 0.1) is 5.92 Å². The van der Waals surface area contributed by atoms with Crippen molar-refractivity contribution in [3.05, 3.63) is 17.3 Å². The van der Waals surface area contributed by atoms with Crippen LogP contribution in [0.4, 0.5) is 5.82 Å². The Morgan fingerprint density at radius 3 is 3.05 bits per heavy atom. The standard InChI is InChI=1S/C15H21N3S/c1-3-10-5-4-6-11(9-10)13-17-14(16-2)12-7-8-19-15(12)18-13/h7-8,10-11H,3-6,9H2,1-2H3,(H,16,17,18). The highest BCUT2D eigenvalue weighted by Gasteiger charge is 2.25. The monoisotopic (exact) mass is 275 g/mol. The number of nitrogens with zero attached hydrogens (tertiary/aromatic N) is 2. The molecule has 0 amide bonds. The van der Waals surface area contributed by atoms with Gasteiger partial charge in [-0.1, -0.05) is 26.2 Å². The van der Waals surface area contributed by atoms with Gasteiger partial charge in [0, 0.05) is 13.0 Å². The van der Waals surface area contributed by atoms with E-state index in [-0.39, 0.29) is 0 Å². The summed E-state index contributed by atoms with van der Waals surface area (Å²) in [4.78, 5) is 10.7. The zero-order valence-electron chi connectivity index (χ0n) is 11.6. The van der Waals surface area contributed by atoms with E-state index in [4.69, 9.17) is 9.97 Å². The highest BCUT2D eigenvalue weighted by molar-refractivity contribution is 7.16. The molecule has 1 fully saturated rings. The molecule has 1 saturated carbocycles. The molecule has 2 unspecified atom stereocenters. The van der Waals surface area contributed by atoms with Gasteiger partial charge >= 0.3 is 0 Å². The molecule has 2 aromatic heterocycles. The van der Waals surface area contributed by atoms with Crippen LogP contribution >= 0.6 is 11.3 Å². The van der Waals surface area contributed by atoms with Crippen molar-refractivity contribution in [3.63, 3.8) is 0 Å². The number of nitrogens with one attached hydrogen (secondary N) is 1. The Labute approximate surface area is 118 Å². The fourth-order valence-corrected chi connectivity index (χ4v) is 3.91. The molecule has 102 valence electrons. The first kappa shape index (κ1) is 12.9. The van der Waals surface area contributed by atoms with Gasteiger partial charge in [0.15, 0.2) is 0 Å². The first-order valence-electron chi connectivity index (χ1n) is 7.24. The number of anilines is 1. The zero-order chi connectivity index (χ0) is 13.2. The molecule has 2 atom stereocenters. The number of rotatable bonds is 3. The van der Waals surface area contributed by atoms with Gasteiger partial charge < -0.3 is 5.32 Å². The van der Waals surface area contributed by atoms with Crippen LogP contribution in [0.25, 0.3) is 10.2 Å². The molecule has 3 nitrogen and oxygen atoms in total. The summed E-state index contributed by atoms with van der Waals surface area (Å²) in [5.41, 5.74) is 0. The summed E-state index contributed by atoms with van der Waals surface area (Å²) in [6.07, 6.45) is 6.50. The van der Waals surface area contributed by atoms with Gasteiger partial charge in [0.25, 0.3) is 0 Å². The summed E-state index contributed by atoms with van der Waals surface area (Å²) in [5.74, 6) is 3.45.